The van der Waals surface area contributed by atoms with Crippen LogP contribution in [0.5, 0.6) is 0 Å². The normalized spacial score (nSPS) is 10.4. The molecule has 2 aromatic carbocycles. The number of nitrogens with zero attached hydrogens (tertiary/aromatic N) is 1. The molecule has 1 heterocycles. The lowest BCUT2D eigenvalue weighted by molar-refractivity contribution is 0.102. The highest BCUT2D eigenvalue weighted by molar-refractivity contribution is 6.31. The van der Waals surface area contributed by atoms with Gasteiger partial charge in [-0.05, 0) is 54.6 Å². The maximum atomic E-state index is 13.1. The molecule has 0 aliphatic heterocycles. The van der Waals surface area contributed by atoms with Crippen molar-refractivity contribution in [2.24, 2.45) is 0 Å². The van der Waals surface area contributed by atoms with Crippen molar-refractivity contribution in [1.29, 1.82) is 0 Å². The number of nitrogens with one attached hydrogen (secondary N) is 2. The summed E-state index contributed by atoms with van der Waals surface area (Å²) in [4.78, 5) is 16.3. The second kappa shape index (κ2) is 7.51. The van der Waals surface area contributed by atoms with Crippen molar-refractivity contribution < 1.29 is 9.18 Å². The Hall–Kier alpha value is -2.63. The van der Waals surface area contributed by atoms with Crippen LogP contribution in [0.15, 0.2) is 60.8 Å². The fourth-order valence-corrected chi connectivity index (χ4v) is 2.38. The van der Waals surface area contributed by atoms with Crippen molar-refractivity contribution >= 4 is 46.2 Å². The Morgan fingerprint density at radius 1 is 0.920 bits per heavy atom. The van der Waals surface area contributed by atoms with Crippen LogP contribution in [0.25, 0.3) is 0 Å². The number of hydrogen-bond acceptors (Lipinski definition) is 3. The van der Waals surface area contributed by atoms with Gasteiger partial charge in [0.25, 0.3) is 5.91 Å². The number of hydrogen-bond donors (Lipinski definition) is 2. The minimum absolute atomic E-state index is 0.0618. The van der Waals surface area contributed by atoms with Crippen molar-refractivity contribution in [1.82, 2.24) is 4.98 Å². The summed E-state index contributed by atoms with van der Waals surface area (Å²) in [5, 5.41) is 6.35. The summed E-state index contributed by atoms with van der Waals surface area (Å²) in [7, 11) is 0. The smallest absolute Gasteiger partial charge is 0.274 e. The number of rotatable bonds is 4. The van der Waals surface area contributed by atoms with E-state index in [1.54, 1.807) is 30.5 Å². The quantitative estimate of drug-likeness (QED) is 0.630. The van der Waals surface area contributed by atoms with Crippen LogP contribution in [0.4, 0.5) is 21.5 Å². The van der Waals surface area contributed by atoms with Gasteiger partial charge in [0, 0.05) is 16.4 Å². The van der Waals surface area contributed by atoms with E-state index in [1.807, 2.05) is 12.1 Å². The maximum absolute atomic E-state index is 13.1. The first-order valence-corrected chi connectivity index (χ1v) is 8.02. The number of carbonyl (C=O) groups is 1. The van der Waals surface area contributed by atoms with Gasteiger partial charge in [-0.1, -0.05) is 23.2 Å². The molecule has 0 radical (unpaired) electrons. The van der Waals surface area contributed by atoms with Gasteiger partial charge in [0.1, 0.15) is 11.5 Å². The Balaban J connectivity index is 1.67. The van der Waals surface area contributed by atoms with Gasteiger partial charge in [-0.3, -0.25) is 4.79 Å². The molecule has 0 saturated heterocycles. The molecule has 25 heavy (non-hydrogen) atoms. The average Bonchev–Trinajstić information content (AvgIpc) is 2.61. The predicted octanol–water partition coefficient (Wildman–Crippen LogP) is 5.52. The molecule has 0 atom stereocenters. The number of amides is 1. The van der Waals surface area contributed by atoms with Crippen molar-refractivity contribution in [2.45, 2.75) is 0 Å². The molecule has 0 spiro atoms. The molecule has 3 rings (SSSR count). The van der Waals surface area contributed by atoms with Crippen LogP contribution in [-0.4, -0.2) is 10.9 Å². The molecule has 7 heteroatoms. The number of halogens is 3. The van der Waals surface area contributed by atoms with Gasteiger partial charge in [-0.25, -0.2) is 9.37 Å². The highest BCUT2D eigenvalue weighted by Gasteiger charge is 2.09. The molecule has 1 amide bonds. The summed E-state index contributed by atoms with van der Waals surface area (Å²) in [6.07, 6.45) is 1.54. The van der Waals surface area contributed by atoms with Crippen LogP contribution < -0.4 is 10.6 Å². The van der Waals surface area contributed by atoms with E-state index < -0.39 is 11.7 Å². The minimum Gasteiger partial charge on any atom is -0.354 e. The van der Waals surface area contributed by atoms with E-state index >= 15 is 0 Å². The van der Waals surface area contributed by atoms with E-state index in [0.29, 0.717) is 10.7 Å². The van der Waals surface area contributed by atoms with Crippen LogP contribution in [0.2, 0.25) is 10.0 Å². The first kappa shape index (κ1) is 17.2. The van der Waals surface area contributed by atoms with Crippen molar-refractivity contribution in [2.75, 3.05) is 10.6 Å². The lowest BCUT2D eigenvalue weighted by atomic mass is 10.2. The molecule has 1 aromatic heterocycles. The second-order valence-electron chi connectivity index (χ2n) is 5.15. The van der Waals surface area contributed by atoms with Crippen LogP contribution in [0.1, 0.15) is 10.5 Å². The first-order chi connectivity index (χ1) is 12.0. The third-order valence-electron chi connectivity index (χ3n) is 3.31. The van der Waals surface area contributed by atoms with Crippen LogP contribution in [-0.2, 0) is 0 Å². The van der Waals surface area contributed by atoms with Crippen molar-refractivity contribution in [3.8, 4) is 0 Å². The van der Waals surface area contributed by atoms with Crippen molar-refractivity contribution in [3.05, 3.63) is 82.4 Å². The molecular formula is C18H12Cl2FN3O. The van der Waals surface area contributed by atoms with Crippen molar-refractivity contribution in [3.63, 3.8) is 0 Å². The number of anilines is 3. The van der Waals surface area contributed by atoms with E-state index in [-0.39, 0.29) is 10.7 Å². The number of pyridine rings is 1. The number of carbonyl (C=O) groups excluding carboxylic acids is 1. The first-order valence-electron chi connectivity index (χ1n) is 7.26. The van der Waals surface area contributed by atoms with Gasteiger partial charge in [0.05, 0.1) is 16.9 Å². The Morgan fingerprint density at radius 2 is 1.60 bits per heavy atom. The Morgan fingerprint density at radius 3 is 2.24 bits per heavy atom. The second-order valence-corrected chi connectivity index (χ2v) is 5.99. The largest absolute Gasteiger partial charge is 0.354 e. The van der Waals surface area contributed by atoms with Gasteiger partial charge >= 0.3 is 0 Å². The molecule has 2 N–H and O–H groups in total. The summed E-state index contributed by atoms with van der Waals surface area (Å²) in [6, 6.07) is 14.5. The van der Waals surface area contributed by atoms with E-state index in [1.165, 1.54) is 18.2 Å². The summed E-state index contributed by atoms with van der Waals surface area (Å²) >= 11 is 11.5. The molecule has 4 nitrogen and oxygen atoms in total. The highest BCUT2D eigenvalue weighted by Crippen LogP contribution is 2.21. The third kappa shape index (κ3) is 4.47. The third-order valence-corrected chi connectivity index (χ3v) is 3.85. The topological polar surface area (TPSA) is 54.0 Å². The Kier molecular flexibility index (Phi) is 5.16. The fourth-order valence-electron chi connectivity index (χ4n) is 2.07. The number of aromatic nitrogens is 1. The lowest BCUT2D eigenvalue weighted by Gasteiger charge is -2.08. The Bertz CT molecular complexity index is 899. The van der Waals surface area contributed by atoms with E-state index in [2.05, 4.69) is 15.6 Å². The van der Waals surface area contributed by atoms with Crippen LogP contribution in [0, 0.1) is 5.82 Å². The van der Waals surface area contributed by atoms with Gasteiger partial charge in [0.2, 0.25) is 0 Å². The number of benzene rings is 2. The minimum atomic E-state index is -0.546. The molecule has 126 valence electrons. The molecule has 0 fully saturated rings. The summed E-state index contributed by atoms with van der Waals surface area (Å²) in [6.45, 7) is 0. The molecule has 0 aliphatic rings. The van der Waals surface area contributed by atoms with Crippen LogP contribution in [0.3, 0.4) is 0 Å². The molecule has 0 bridgehead atoms. The molecular weight excluding hydrogens is 364 g/mol. The molecule has 0 aliphatic carbocycles. The zero-order chi connectivity index (χ0) is 17.8. The Labute approximate surface area is 153 Å². The fraction of sp³-hybridized carbons (Fsp3) is 0. The summed E-state index contributed by atoms with van der Waals surface area (Å²) in [5.74, 6) is -0.962. The standard InChI is InChI=1S/C18H12Cl2FN3O/c19-11-1-3-12(4-2-11)23-14-6-8-17(22-10-14)18(25)24-13-5-7-16(21)15(20)9-13/h1-10,23H,(H,24,25). The molecule has 3 aromatic rings. The lowest BCUT2D eigenvalue weighted by Crippen LogP contribution is -2.13. The van der Waals surface area contributed by atoms with Crippen LogP contribution >= 0.6 is 23.2 Å². The summed E-state index contributed by atoms with van der Waals surface area (Å²) < 4.78 is 13.1. The molecule has 0 unspecified atom stereocenters. The van der Waals surface area contributed by atoms with Gasteiger partial charge in [-0.2, -0.15) is 0 Å². The summed E-state index contributed by atoms with van der Waals surface area (Å²) in [5.41, 5.74) is 2.19. The van der Waals surface area contributed by atoms with E-state index in [9.17, 15) is 9.18 Å². The zero-order valence-electron chi connectivity index (χ0n) is 12.8. The predicted molar refractivity (Wildman–Crippen MR) is 98.3 cm³/mol. The molecule has 0 saturated carbocycles. The average molecular weight is 376 g/mol. The zero-order valence-corrected chi connectivity index (χ0v) is 14.3. The monoisotopic (exact) mass is 375 g/mol. The van der Waals surface area contributed by atoms with E-state index in [4.69, 9.17) is 23.2 Å². The van der Waals surface area contributed by atoms with Gasteiger partial charge in [0.15, 0.2) is 0 Å². The van der Waals surface area contributed by atoms with E-state index in [0.717, 1.165) is 11.4 Å². The SMILES string of the molecule is O=C(Nc1ccc(F)c(Cl)c1)c1ccc(Nc2ccc(Cl)cc2)cn1. The highest BCUT2D eigenvalue weighted by atomic mass is 35.5. The van der Waals surface area contributed by atoms with Gasteiger partial charge < -0.3 is 10.6 Å². The maximum Gasteiger partial charge on any atom is 0.274 e. The van der Waals surface area contributed by atoms with Gasteiger partial charge in [-0.15, -0.1) is 0 Å².